The molecule has 7 nitrogen and oxygen atoms in total. The number of benzene rings is 1. The smallest absolute Gasteiger partial charge is 0.186 e. The Bertz CT molecular complexity index is 899. The van der Waals surface area contributed by atoms with Crippen molar-refractivity contribution in [2.45, 2.75) is 18.9 Å². The lowest BCUT2D eigenvalue weighted by molar-refractivity contribution is 0.0875. The summed E-state index contributed by atoms with van der Waals surface area (Å²) in [6.07, 6.45) is 5.33. The number of hydrogen-bond acceptors (Lipinski definition) is 7. The second-order valence-electron chi connectivity index (χ2n) is 7.76. The zero-order chi connectivity index (χ0) is 20.2. The number of nitrogens with zero attached hydrogens (tertiary/aromatic N) is 3. The van der Waals surface area contributed by atoms with Crippen LogP contribution in [-0.4, -0.2) is 53.9 Å². The van der Waals surface area contributed by atoms with Crippen LogP contribution in [0, 0.1) is 5.92 Å². The Kier molecular flexibility index (Phi) is 5.76. The fourth-order valence-corrected chi connectivity index (χ4v) is 3.92. The molecule has 1 aromatic heterocycles. The van der Waals surface area contributed by atoms with Gasteiger partial charge in [0.05, 0.1) is 24.3 Å². The summed E-state index contributed by atoms with van der Waals surface area (Å²) in [5.41, 5.74) is 13.8. The van der Waals surface area contributed by atoms with E-state index in [-0.39, 0.29) is 12.7 Å². The maximum Gasteiger partial charge on any atom is 0.186 e. The van der Waals surface area contributed by atoms with Crippen molar-refractivity contribution in [3.63, 3.8) is 0 Å². The Balaban J connectivity index is 1.30. The normalized spacial score (nSPS) is 19.5. The van der Waals surface area contributed by atoms with Gasteiger partial charge in [0.25, 0.3) is 0 Å². The Morgan fingerprint density at radius 3 is 2.66 bits per heavy atom. The lowest BCUT2D eigenvalue weighted by Gasteiger charge is -2.40. The molecule has 4 rings (SSSR count). The van der Waals surface area contributed by atoms with E-state index in [0.717, 1.165) is 61.4 Å². The number of anilines is 1. The number of piperidine rings is 1. The van der Waals surface area contributed by atoms with E-state index in [4.69, 9.17) is 21.2 Å². The highest BCUT2D eigenvalue weighted by molar-refractivity contribution is 5.80. The van der Waals surface area contributed by atoms with Crippen LogP contribution in [0.25, 0.3) is 10.9 Å². The highest BCUT2D eigenvalue weighted by Gasteiger charge is 2.30. The van der Waals surface area contributed by atoms with Crippen LogP contribution >= 0.6 is 0 Å². The molecule has 0 radical (unpaired) electrons. The van der Waals surface area contributed by atoms with Gasteiger partial charge in [-0.25, -0.2) is 4.98 Å². The molecule has 0 aliphatic carbocycles. The molecule has 2 fully saturated rings. The van der Waals surface area contributed by atoms with E-state index in [2.05, 4.69) is 21.9 Å². The maximum atomic E-state index is 9.29. The number of aliphatic hydroxyl groups is 1. The number of pyridine rings is 1. The Labute approximate surface area is 171 Å². The van der Waals surface area contributed by atoms with Gasteiger partial charge in [0.1, 0.15) is 11.9 Å². The highest BCUT2D eigenvalue weighted by Crippen LogP contribution is 2.25. The summed E-state index contributed by atoms with van der Waals surface area (Å²) in [6.45, 7) is 3.49. The topological polar surface area (TPSA) is 101 Å². The second kappa shape index (κ2) is 8.61. The molecule has 2 aromatic rings. The predicted molar refractivity (Wildman–Crippen MR) is 115 cm³/mol. The molecular weight excluding hydrogens is 366 g/mol. The van der Waals surface area contributed by atoms with Crippen LogP contribution in [-0.2, 0) is 4.74 Å². The largest absolute Gasteiger partial charge is 0.472 e. The monoisotopic (exact) mass is 395 g/mol. The van der Waals surface area contributed by atoms with E-state index >= 15 is 0 Å². The molecule has 2 saturated heterocycles. The first-order valence-electron chi connectivity index (χ1n) is 10.2. The predicted octanol–water partition coefficient (Wildman–Crippen LogP) is 1.74. The molecular formula is C22H29N5O2. The van der Waals surface area contributed by atoms with Crippen LogP contribution in [0.3, 0.4) is 0 Å². The fraction of sp³-hybridized carbons (Fsp3) is 0.409. The highest BCUT2D eigenvalue weighted by atomic mass is 16.5. The van der Waals surface area contributed by atoms with Crippen LogP contribution in [0.5, 0.6) is 0 Å². The number of fused-ring (bicyclic) bond motifs is 1. The minimum Gasteiger partial charge on any atom is -0.472 e. The maximum absolute atomic E-state index is 9.29. The first-order valence-corrected chi connectivity index (χ1v) is 10.2. The van der Waals surface area contributed by atoms with Gasteiger partial charge >= 0.3 is 0 Å². The first kappa shape index (κ1) is 19.4. The van der Waals surface area contributed by atoms with Gasteiger partial charge in [-0.3, -0.25) is 0 Å². The van der Waals surface area contributed by atoms with Gasteiger partial charge < -0.3 is 31.1 Å². The van der Waals surface area contributed by atoms with E-state index in [1.165, 1.54) is 0 Å². The van der Waals surface area contributed by atoms with Crippen molar-refractivity contribution in [3.05, 3.63) is 60.3 Å². The number of nitrogens with two attached hydrogens (primary N) is 2. The molecule has 0 unspecified atom stereocenters. The minimum atomic E-state index is 0.0404. The van der Waals surface area contributed by atoms with E-state index in [1.54, 1.807) is 12.3 Å². The number of ether oxygens (including phenoxy) is 1. The molecule has 7 heteroatoms. The van der Waals surface area contributed by atoms with Crippen LogP contribution in [0.15, 0.2) is 60.3 Å². The van der Waals surface area contributed by atoms with E-state index in [1.807, 2.05) is 24.3 Å². The minimum absolute atomic E-state index is 0.0404. The number of hydrogen-bond donors (Lipinski definition) is 3. The Morgan fingerprint density at radius 2 is 1.93 bits per heavy atom. The number of aromatic nitrogens is 1. The van der Waals surface area contributed by atoms with Gasteiger partial charge in [0, 0.05) is 37.4 Å². The third-order valence-electron chi connectivity index (χ3n) is 5.76. The van der Waals surface area contributed by atoms with Crippen LogP contribution < -0.4 is 16.4 Å². The quantitative estimate of drug-likeness (QED) is 0.506. The van der Waals surface area contributed by atoms with Crippen molar-refractivity contribution in [2.24, 2.45) is 17.4 Å². The van der Waals surface area contributed by atoms with Crippen molar-refractivity contribution >= 4 is 16.7 Å². The molecule has 0 atom stereocenters. The summed E-state index contributed by atoms with van der Waals surface area (Å²) < 4.78 is 5.90. The second-order valence-corrected chi connectivity index (χ2v) is 7.76. The van der Waals surface area contributed by atoms with Gasteiger partial charge in [0.2, 0.25) is 0 Å². The molecule has 154 valence electrons. The molecule has 0 saturated carbocycles. The summed E-state index contributed by atoms with van der Waals surface area (Å²) in [5.74, 6) is 1.72. The van der Waals surface area contributed by atoms with E-state index < -0.39 is 0 Å². The standard InChI is InChI=1S/C22H29N5O2/c23-12-18(26-9-7-16(15-28)8-10-26)11-21(24)29-19-13-27(14-19)22-6-5-17-3-1-2-4-20(17)25-22/h1-6,11-12,16,19,28H,7-10,13-15,23-24H2/b18-12+,21-11+. The number of para-hydroxylation sites is 1. The number of rotatable bonds is 6. The number of likely N-dealkylation sites (tertiary alicyclic amines) is 1. The van der Waals surface area contributed by atoms with Gasteiger partial charge in [-0.2, -0.15) is 0 Å². The average Bonchev–Trinajstić information content (AvgIpc) is 2.74. The number of aliphatic hydroxyl groups excluding tert-OH is 1. The van der Waals surface area contributed by atoms with Gasteiger partial charge in [-0.1, -0.05) is 18.2 Å². The zero-order valence-electron chi connectivity index (χ0n) is 16.6. The van der Waals surface area contributed by atoms with Crippen molar-refractivity contribution in [1.29, 1.82) is 0 Å². The van der Waals surface area contributed by atoms with E-state index in [0.29, 0.717) is 11.8 Å². The summed E-state index contributed by atoms with van der Waals surface area (Å²) in [5, 5.41) is 10.4. The summed E-state index contributed by atoms with van der Waals surface area (Å²) >= 11 is 0. The van der Waals surface area contributed by atoms with Crippen molar-refractivity contribution in [3.8, 4) is 0 Å². The molecule has 0 amide bonds. The third kappa shape index (κ3) is 4.40. The molecule has 0 bridgehead atoms. The SMILES string of the molecule is N/C=C(\C=C(/N)OC1CN(c2ccc3ccccc3n2)C1)N1CCC(CO)CC1. The van der Waals surface area contributed by atoms with Crippen LogP contribution in [0.2, 0.25) is 0 Å². The van der Waals surface area contributed by atoms with Gasteiger partial charge in [-0.15, -0.1) is 0 Å². The van der Waals surface area contributed by atoms with Gasteiger partial charge in [-0.05, 0) is 37.0 Å². The summed E-state index contributed by atoms with van der Waals surface area (Å²) in [7, 11) is 0. The summed E-state index contributed by atoms with van der Waals surface area (Å²) in [4.78, 5) is 9.09. The Hall–Kier alpha value is -2.93. The molecule has 5 N–H and O–H groups in total. The van der Waals surface area contributed by atoms with E-state index in [9.17, 15) is 5.11 Å². The van der Waals surface area contributed by atoms with Crippen molar-refractivity contribution in [1.82, 2.24) is 9.88 Å². The summed E-state index contributed by atoms with van der Waals surface area (Å²) in [6, 6.07) is 12.2. The van der Waals surface area contributed by atoms with Crippen LogP contribution in [0.1, 0.15) is 12.8 Å². The molecule has 0 spiro atoms. The molecule has 29 heavy (non-hydrogen) atoms. The lowest BCUT2D eigenvalue weighted by atomic mass is 9.97. The molecule has 3 heterocycles. The van der Waals surface area contributed by atoms with Crippen molar-refractivity contribution in [2.75, 3.05) is 37.7 Å². The van der Waals surface area contributed by atoms with Crippen LogP contribution in [0.4, 0.5) is 5.82 Å². The first-order chi connectivity index (χ1) is 14.2. The molecule has 2 aliphatic rings. The Morgan fingerprint density at radius 1 is 1.17 bits per heavy atom. The zero-order valence-corrected chi connectivity index (χ0v) is 16.6. The fourth-order valence-electron chi connectivity index (χ4n) is 3.92. The lowest BCUT2D eigenvalue weighted by Crippen LogP contribution is -2.53. The average molecular weight is 396 g/mol. The number of allylic oxidation sites excluding steroid dienone is 1. The van der Waals surface area contributed by atoms with Crippen molar-refractivity contribution < 1.29 is 9.84 Å². The van der Waals surface area contributed by atoms with Gasteiger partial charge in [0.15, 0.2) is 5.88 Å². The third-order valence-corrected chi connectivity index (χ3v) is 5.76. The molecule has 2 aliphatic heterocycles. The molecule has 1 aromatic carbocycles.